The van der Waals surface area contributed by atoms with E-state index in [1.807, 2.05) is 0 Å². The number of hydrogen-bond acceptors (Lipinski definition) is 0. The van der Waals surface area contributed by atoms with Gasteiger partial charge in [-0.25, -0.2) is 0 Å². The smallest absolute Gasteiger partial charge is 0.00583 e. The lowest BCUT2D eigenvalue weighted by molar-refractivity contribution is 0.760. The molecule has 2 aromatic rings. The predicted octanol–water partition coefficient (Wildman–Crippen LogP) is 5.29. The minimum absolute atomic E-state index is 0.548. The molecule has 0 aromatic heterocycles. The molecule has 1 aliphatic rings. The molecule has 2 aromatic carbocycles. The Morgan fingerprint density at radius 3 is 2.25 bits per heavy atom. The normalized spacial score (nSPS) is 17.8. The van der Waals surface area contributed by atoms with Gasteiger partial charge in [-0.05, 0) is 30.4 Å². The second-order valence-corrected chi connectivity index (χ2v) is 5.42. The summed E-state index contributed by atoms with van der Waals surface area (Å²) in [5, 5.41) is 0. The van der Waals surface area contributed by atoms with Crippen molar-refractivity contribution in [2.75, 3.05) is 0 Å². The molecule has 1 unspecified atom stereocenters. The zero-order chi connectivity index (χ0) is 13.6. The number of aryl methyl sites for hydroxylation is 1. The molecule has 1 aliphatic carbocycles. The summed E-state index contributed by atoms with van der Waals surface area (Å²) >= 11 is 0. The number of allylic oxidation sites excluding steroid dienone is 4. The highest BCUT2D eigenvalue weighted by molar-refractivity contribution is 5.32. The first kappa shape index (κ1) is 12.9. The van der Waals surface area contributed by atoms with E-state index in [0.717, 1.165) is 19.3 Å². The predicted molar refractivity (Wildman–Crippen MR) is 85.8 cm³/mol. The van der Waals surface area contributed by atoms with E-state index in [2.05, 4.69) is 78.9 Å². The van der Waals surface area contributed by atoms with Crippen LogP contribution in [0.25, 0.3) is 0 Å². The maximum Gasteiger partial charge on any atom is 0.00583 e. The average molecular weight is 260 g/mol. The molecule has 0 bridgehead atoms. The molecule has 3 rings (SSSR count). The molecular weight excluding hydrogens is 240 g/mol. The molecular formula is C20H20. The number of hydrogen-bond donors (Lipinski definition) is 0. The van der Waals surface area contributed by atoms with E-state index >= 15 is 0 Å². The molecule has 100 valence electrons. The molecule has 0 nitrogen and oxygen atoms in total. The van der Waals surface area contributed by atoms with Crippen LogP contribution in [0.4, 0.5) is 0 Å². The molecule has 0 amide bonds. The lowest BCUT2D eigenvalue weighted by atomic mass is 9.86. The van der Waals surface area contributed by atoms with Gasteiger partial charge in [-0.1, -0.05) is 84.5 Å². The van der Waals surface area contributed by atoms with Crippen LogP contribution in [-0.2, 0) is 6.42 Å². The Kier molecular flexibility index (Phi) is 4.13. The lowest BCUT2D eigenvalue weighted by Gasteiger charge is -2.19. The molecule has 0 radical (unpaired) electrons. The van der Waals surface area contributed by atoms with Gasteiger partial charge in [0.25, 0.3) is 0 Å². The van der Waals surface area contributed by atoms with Crippen molar-refractivity contribution in [1.29, 1.82) is 0 Å². The van der Waals surface area contributed by atoms with Crippen LogP contribution >= 0.6 is 0 Å². The third kappa shape index (κ3) is 3.27. The number of benzene rings is 2. The zero-order valence-electron chi connectivity index (χ0n) is 11.7. The van der Waals surface area contributed by atoms with Crippen molar-refractivity contribution < 1.29 is 0 Å². The first-order valence-corrected chi connectivity index (χ1v) is 7.37. The lowest BCUT2D eigenvalue weighted by Crippen LogP contribution is -2.02. The molecule has 20 heavy (non-hydrogen) atoms. The van der Waals surface area contributed by atoms with Crippen LogP contribution in [-0.4, -0.2) is 0 Å². The summed E-state index contributed by atoms with van der Waals surface area (Å²) in [6.45, 7) is 0. The quantitative estimate of drug-likeness (QED) is 0.700. The van der Waals surface area contributed by atoms with E-state index in [-0.39, 0.29) is 0 Å². The van der Waals surface area contributed by atoms with Crippen LogP contribution in [0, 0.1) is 0 Å². The van der Waals surface area contributed by atoms with E-state index in [9.17, 15) is 0 Å². The van der Waals surface area contributed by atoms with Crippen molar-refractivity contribution in [3.8, 4) is 0 Å². The van der Waals surface area contributed by atoms with Crippen molar-refractivity contribution in [2.24, 2.45) is 0 Å². The molecule has 0 fully saturated rings. The minimum Gasteiger partial charge on any atom is -0.0767 e. The summed E-state index contributed by atoms with van der Waals surface area (Å²) in [7, 11) is 0. The molecule has 0 aliphatic heterocycles. The van der Waals surface area contributed by atoms with E-state index in [1.54, 1.807) is 5.57 Å². The summed E-state index contributed by atoms with van der Waals surface area (Å²) < 4.78 is 0. The fourth-order valence-corrected chi connectivity index (χ4v) is 2.81. The number of rotatable bonds is 4. The van der Waals surface area contributed by atoms with E-state index in [1.165, 1.54) is 11.1 Å². The Hall–Kier alpha value is -2.08. The molecule has 0 heterocycles. The monoisotopic (exact) mass is 260 g/mol. The van der Waals surface area contributed by atoms with Gasteiger partial charge in [0.05, 0.1) is 0 Å². The van der Waals surface area contributed by atoms with E-state index in [0.29, 0.717) is 5.92 Å². The van der Waals surface area contributed by atoms with Gasteiger partial charge < -0.3 is 0 Å². The van der Waals surface area contributed by atoms with Crippen LogP contribution in [0.5, 0.6) is 0 Å². The van der Waals surface area contributed by atoms with Gasteiger partial charge in [0.1, 0.15) is 0 Å². The third-order valence-corrected chi connectivity index (χ3v) is 3.96. The van der Waals surface area contributed by atoms with Crippen molar-refractivity contribution in [3.63, 3.8) is 0 Å². The Morgan fingerprint density at radius 1 is 0.800 bits per heavy atom. The van der Waals surface area contributed by atoms with Gasteiger partial charge in [-0.3, -0.25) is 0 Å². The second-order valence-electron chi connectivity index (χ2n) is 5.42. The fraction of sp³-hybridized carbons (Fsp3) is 0.200. The Labute approximate surface area is 121 Å². The van der Waals surface area contributed by atoms with Crippen LogP contribution in [0.2, 0.25) is 0 Å². The SMILES string of the molecule is C1=CC(c2ccccc2)CC(CCc2ccccc2)=C1. The standard InChI is InChI=1S/C20H20/c1-3-8-17(9-4-1)14-15-18-10-7-13-20(16-18)19-11-5-2-6-12-19/h1-13,20H,14-16H2. The first-order valence-electron chi connectivity index (χ1n) is 7.37. The van der Waals surface area contributed by atoms with Gasteiger partial charge in [-0.2, -0.15) is 0 Å². The third-order valence-electron chi connectivity index (χ3n) is 3.96. The van der Waals surface area contributed by atoms with Gasteiger partial charge in [0, 0.05) is 5.92 Å². The van der Waals surface area contributed by atoms with E-state index in [4.69, 9.17) is 0 Å². The van der Waals surface area contributed by atoms with Crippen molar-refractivity contribution in [2.45, 2.75) is 25.2 Å². The summed E-state index contributed by atoms with van der Waals surface area (Å²) in [6, 6.07) is 21.6. The highest BCUT2D eigenvalue weighted by Crippen LogP contribution is 2.30. The molecule has 0 spiro atoms. The molecule has 1 atom stereocenters. The Morgan fingerprint density at radius 2 is 1.50 bits per heavy atom. The van der Waals surface area contributed by atoms with Crippen molar-refractivity contribution in [1.82, 2.24) is 0 Å². The van der Waals surface area contributed by atoms with Crippen molar-refractivity contribution in [3.05, 3.63) is 95.6 Å². The van der Waals surface area contributed by atoms with Crippen LogP contribution in [0.15, 0.2) is 84.5 Å². The van der Waals surface area contributed by atoms with Crippen molar-refractivity contribution >= 4 is 0 Å². The molecule has 0 saturated heterocycles. The Balaban J connectivity index is 1.62. The van der Waals surface area contributed by atoms with Crippen LogP contribution in [0.1, 0.15) is 29.9 Å². The van der Waals surface area contributed by atoms with E-state index < -0.39 is 0 Å². The molecule has 0 N–H and O–H groups in total. The summed E-state index contributed by atoms with van der Waals surface area (Å²) in [5.41, 5.74) is 4.42. The molecule has 0 saturated carbocycles. The largest absolute Gasteiger partial charge is 0.0767 e. The topological polar surface area (TPSA) is 0 Å². The summed E-state index contributed by atoms with van der Waals surface area (Å²) in [5.74, 6) is 0.548. The highest BCUT2D eigenvalue weighted by atomic mass is 14.2. The highest BCUT2D eigenvalue weighted by Gasteiger charge is 2.13. The zero-order valence-corrected chi connectivity index (χ0v) is 11.7. The maximum atomic E-state index is 2.32. The Bertz CT molecular complexity index is 590. The van der Waals surface area contributed by atoms with Gasteiger partial charge in [0.2, 0.25) is 0 Å². The average Bonchev–Trinajstić information content (AvgIpc) is 2.55. The maximum absolute atomic E-state index is 2.32. The summed E-state index contributed by atoms with van der Waals surface area (Å²) in [6.07, 6.45) is 10.3. The first-order chi connectivity index (χ1) is 9.92. The van der Waals surface area contributed by atoms with Crippen LogP contribution in [0.3, 0.4) is 0 Å². The summed E-state index contributed by atoms with van der Waals surface area (Å²) in [4.78, 5) is 0. The van der Waals surface area contributed by atoms with Crippen LogP contribution < -0.4 is 0 Å². The fourth-order valence-electron chi connectivity index (χ4n) is 2.81. The van der Waals surface area contributed by atoms with Gasteiger partial charge >= 0.3 is 0 Å². The van der Waals surface area contributed by atoms with Gasteiger partial charge in [0.15, 0.2) is 0 Å². The second kappa shape index (κ2) is 6.38. The molecule has 0 heteroatoms. The minimum atomic E-state index is 0.548. The van der Waals surface area contributed by atoms with Gasteiger partial charge in [-0.15, -0.1) is 0 Å².